The average Bonchev–Trinajstić information content (AvgIpc) is 3.62. The molecule has 1 fully saturated rings. The number of likely N-dealkylation sites (N-methyl/N-ethyl adjacent to an activating group) is 1. The van der Waals surface area contributed by atoms with Gasteiger partial charge in [-0.2, -0.15) is 5.10 Å². The molecule has 1 aliphatic carbocycles. The lowest BCUT2D eigenvalue weighted by atomic mass is 10.0. The smallest absolute Gasteiger partial charge is 0.275 e. The van der Waals surface area contributed by atoms with E-state index in [1.54, 1.807) is 37.4 Å². The number of rotatable bonds is 4. The molecule has 1 atom stereocenters. The molecular formula is C27H23ClFN5O4. The van der Waals surface area contributed by atoms with Crippen LogP contribution in [0.2, 0.25) is 5.15 Å². The van der Waals surface area contributed by atoms with Crippen LogP contribution in [0, 0.1) is 5.82 Å². The van der Waals surface area contributed by atoms with Gasteiger partial charge in [-0.15, -0.1) is 0 Å². The van der Waals surface area contributed by atoms with E-state index in [4.69, 9.17) is 20.8 Å². The highest BCUT2D eigenvalue weighted by molar-refractivity contribution is 6.31. The lowest BCUT2D eigenvalue weighted by molar-refractivity contribution is -0.123. The fourth-order valence-corrected chi connectivity index (χ4v) is 5.46. The maximum absolute atomic E-state index is 14.2. The average molecular weight is 536 g/mol. The minimum atomic E-state index is -0.857. The summed E-state index contributed by atoms with van der Waals surface area (Å²) < 4.78 is 27.6. The number of amides is 2. The van der Waals surface area contributed by atoms with Crippen LogP contribution in [0.1, 0.15) is 46.3 Å². The van der Waals surface area contributed by atoms with E-state index >= 15 is 0 Å². The summed E-state index contributed by atoms with van der Waals surface area (Å²) in [6.45, 7) is 0.346. The van der Waals surface area contributed by atoms with Gasteiger partial charge in [0, 0.05) is 36.7 Å². The molecule has 2 aliphatic heterocycles. The monoisotopic (exact) mass is 535 g/mol. The van der Waals surface area contributed by atoms with Crippen LogP contribution < -0.4 is 9.64 Å². The van der Waals surface area contributed by atoms with Gasteiger partial charge in [-0.25, -0.2) is 14.1 Å². The quantitative estimate of drug-likeness (QED) is 0.389. The number of oxazole rings is 1. The number of nitrogens with zero attached hydrogens (tertiary/aromatic N) is 5. The van der Waals surface area contributed by atoms with Gasteiger partial charge in [0.1, 0.15) is 34.9 Å². The Morgan fingerprint density at radius 2 is 2.00 bits per heavy atom. The first kappa shape index (κ1) is 23.2. The maximum atomic E-state index is 14.2. The Balaban J connectivity index is 1.16. The molecule has 194 valence electrons. The van der Waals surface area contributed by atoms with E-state index in [0.717, 1.165) is 18.7 Å². The van der Waals surface area contributed by atoms with E-state index in [-0.39, 0.29) is 37.1 Å². The van der Waals surface area contributed by atoms with Crippen molar-refractivity contribution < 1.29 is 23.1 Å². The van der Waals surface area contributed by atoms with Crippen LogP contribution >= 0.6 is 11.6 Å². The summed E-state index contributed by atoms with van der Waals surface area (Å²) in [6, 6.07) is 9.05. The number of carbonyl (C=O) groups excluding carboxylic acids is 2. The van der Waals surface area contributed by atoms with Crippen LogP contribution in [0.3, 0.4) is 0 Å². The van der Waals surface area contributed by atoms with Gasteiger partial charge in [0.25, 0.3) is 11.8 Å². The molecule has 0 saturated heterocycles. The number of carbonyl (C=O) groups is 2. The van der Waals surface area contributed by atoms with E-state index in [1.807, 2.05) is 0 Å². The molecule has 0 radical (unpaired) electrons. The summed E-state index contributed by atoms with van der Waals surface area (Å²) >= 11 is 6.55. The molecule has 2 amide bonds. The van der Waals surface area contributed by atoms with E-state index < -0.39 is 11.9 Å². The van der Waals surface area contributed by atoms with Crippen molar-refractivity contribution in [2.45, 2.75) is 37.8 Å². The number of halogens is 2. The third-order valence-electron chi connectivity index (χ3n) is 7.49. The molecule has 38 heavy (non-hydrogen) atoms. The van der Waals surface area contributed by atoms with Crippen LogP contribution in [-0.2, 0) is 17.8 Å². The van der Waals surface area contributed by atoms with Gasteiger partial charge in [-0.05, 0) is 31.4 Å². The first-order valence-corrected chi connectivity index (χ1v) is 12.9. The number of aromatic nitrogens is 3. The summed E-state index contributed by atoms with van der Waals surface area (Å²) in [4.78, 5) is 34.7. The fraction of sp³-hybridized carbons (Fsp3) is 0.333. The highest BCUT2D eigenvalue weighted by Crippen LogP contribution is 2.43. The van der Waals surface area contributed by atoms with Crippen molar-refractivity contribution in [1.82, 2.24) is 19.7 Å². The largest absolute Gasteiger partial charge is 0.489 e. The molecule has 0 unspecified atom stereocenters. The van der Waals surface area contributed by atoms with Crippen molar-refractivity contribution in [2.75, 3.05) is 25.1 Å². The Kier molecular flexibility index (Phi) is 5.23. The van der Waals surface area contributed by atoms with Gasteiger partial charge in [0.15, 0.2) is 17.2 Å². The van der Waals surface area contributed by atoms with Crippen molar-refractivity contribution in [1.29, 1.82) is 0 Å². The zero-order chi connectivity index (χ0) is 26.1. The second-order valence-corrected chi connectivity index (χ2v) is 10.3. The summed E-state index contributed by atoms with van der Waals surface area (Å²) in [6.07, 6.45) is 2.56. The van der Waals surface area contributed by atoms with Gasteiger partial charge in [0.05, 0.1) is 12.2 Å². The molecule has 0 N–H and O–H groups in total. The molecule has 0 spiro atoms. The highest BCUT2D eigenvalue weighted by atomic mass is 35.5. The predicted octanol–water partition coefficient (Wildman–Crippen LogP) is 4.16. The van der Waals surface area contributed by atoms with Gasteiger partial charge in [0.2, 0.25) is 0 Å². The molecule has 3 aliphatic rings. The number of hydrogen-bond acceptors (Lipinski definition) is 6. The molecule has 0 bridgehead atoms. The molecule has 2 aromatic carbocycles. The Hall–Kier alpha value is -3.92. The first-order chi connectivity index (χ1) is 18.4. The minimum Gasteiger partial charge on any atom is -0.489 e. The van der Waals surface area contributed by atoms with E-state index in [1.165, 1.54) is 20.5 Å². The Labute approximate surface area is 221 Å². The van der Waals surface area contributed by atoms with Crippen LogP contribution in [0.15, 0.2) is 40.8 Å². The van der Waals surface area contributed by atoms with E-state index in [9.17, 15) is 14.0 Å². The second kappa shape index (κ2) is 8.56. The summed E-state index contributed by atoms with van der Waals surface area (Å²) in [7, 11) is 1.66. The van der Waals surface area contributed by atoms with Crippen molar-refractivity contribution in [3.8, 4) is 5.75 Å². The molecule has 1 saturated carbocycles. The van der Waals surface area contributed by atoms with Gasteiger partial charge >= 0.3 is 0 Å². The molecule has 4 heterocycles. The van der Waals surface area contributed by atoms with Crippen LogP contribution in [-0.4, -0.2) is 57.7 Å². The van der Waals surface area contributed by atoms with Crippen LogP contribution in [0.4, 0.5) is 10.1 Å². The standard InChI is InChI=1S/C27H23ClFN5O4/c1-32-19-10-18-21(38-25(30-18)14-6-7-14)11-22(19)37-13-20(26(32)35)33-9-8-16-23(27(33)36)31-34(24(16)28)12-15-4-2-3-5-17(15)29/h2-5,10-11,14,20H,6-9,12-13H2,1H3/t20-/m0/s1. The predicted molar refractivity (Wildman–Crippen MR) is 136 cm³/mol. The molecule has 11 heteroatoms. The Morgan fingerprint density at radius 1 is 1.18 bits per heavy atom. The van der Waals surface area contributed by atoms with Crippen LogP contribution in [0.5, 0.6) is 5.75 Å². The van der Waals surface area contributed by atoms with Crippen molar-refractivity contribution in [2.24, 2.45) is 0 Å². The summed E-state index contributed by atoms with van der Waals surface area (Å²) in [5.41, 5.74) is 3.03. The summed E-state index contributed by atoms with van der Waals surface area (Å²) in [5, 5.41) is 4.71. The second-order valence-electron chi connectivity index (χ2n) is 9.95. The van der Waals surface area contributed by atoms with Crippen molar-refractivity contribution in [3.63, 3.8) is 0 Å². The number of anilines is 1. The van der Waals surface area contributed by atoms with Gasteiger partial charge in [-0.1, -0.05) is 29.8 Å². The van der Waals surface area contributed by atoms with E-state index in [0.29, 0.717) is 51.2 Å². The first-order valence-electron chi connectivity index (χ1n) is 12.5. The van der Waals surface area contributed by atoms with Gasteiger partial charge < -0.3 is 19.0 Å². The van der Waals surface area contributed by atoms with Crippen molar-refractivity contribution in [3.05, 3.63) is 70.1 Å². The third-order valence-corrected chi connectivity index (χ3v) is 7.91. The molecule has 4 aromatic rings. The zero-order valence-corrected chi connectivity index (χ0v) is 21.2. The highest BCUT2D eigenvalue weighted by Gasteiger charge is 2.41. The third kappa shape index (κ3) is 3.65. The topological polar surface area (TPSA) is 93.7 Å². The molecule has 9 nitrogen and oxygen atoms in total. The number of fused-ring (bicyclic) bond motifs is 3. The molecular weight excluding hydrogens is 513 g/mol. The van der Waals surface area contributed by atoms with Crippen molar-refractivity contribution >= 4 is 40.2 Å². The number of hydrogen-bond donors (Lipinski definition) is 0. The Morgan fingerprint density at radius 3 is 2.79 bits per heavy atom. The number of ether oxygens (including phenoxy) is 1. The normalized spacial score (nSPS) is 19.4. The summed E-state index contributed by atoms with van der Waals surface area (Å²) in [5.74, 6) is 0.519. The maximum Gasteiger partial charge on any atom is 0.275 e. The lowest BCUT2D eigenvalue weighted by Crippen LogP contribution is -2.54. The lowest BCUT2D eigenvalue weighted by Gasteiger charge is -2.33. The minimum absolute atomic E-state index is 0.0178. The van der Waals surface area contributed by atoms with Crippen LogP contribution in [0.25, 0.3) is 11.1 Å². The number of benzene rings is 2. The fourth-order valence-electron chi connectivity index (χ4n) is 5.18. The Bertz CT molecular complexity index is 1630. The SMILES string of the molecule is CN1C(=O)[C@@H](N2CCc3c(nn(Cc4ccccc4F)c3Cl)C2=O)COc2cc3oc(C4CC4)nc3cc21. The molecule has 2 aromatic heterocycles. The van der Waals surface area contributed by atoms with E-state index in [2.05, 4.69) is 10.1 Å². The zero-order valence-electron chi connectivity index (χ0n) is 20.5. The molecule has 7 rings (SSSR count). The van der Waals surface area contributed by atoms with Gasteiger partial charge in [-0.3, -0.25) is 9.59 Å².